The summed E-state index contributed by atoms with van der Waals surface area (Å²) in [5.41, 5.74) is 1.75. The summed E-state index contributed by atoms with van der Waals surface area (Å²) < 4.78 is 0. The van der Waals surface area contributed by atoms with Crippen molar-refractivity contribution in [2.24, 2.45) is 0 Å². The Bertz CT molecular complexity index is 1030. The number of hydrogen-bond acceptors (Lipinski definition) is 5. The van der Waals surface area contributed by atoms with Crippen LogP contribution in [0.1, 0.15) is 23.3 Å². The third kappa shape index (κ3) is 3.65. The van der Waals surface area contributed by atoms with E-state index in [4.69, 9.17) is 11.6 Å². The van der Waals surface area contributed by atoms with Gasteiger partial charge in [-0.25, -0.2) is 4.98 Å². The normalized spacial score (nSPS) is 13.6. The lowest BCUT2D eigenvalue weighted by molar-refractivity contribution is -0.113. The maximum atomic E-state index is 12.5. The van der Waals surface area contributed by atoms with Gasteiger partial charge in [-0.05, 0) is 55.5 Å². The summed E-state index contributed by atoms with van der Waals surface area (Å²) in [6.07, 6.45) is 4.28. The highest BCUT2D eigenvalue weighted by molar-refractivity contribution is 7.99. The number of aryl methyl sites for hydroxylation is 2. The predicted molar refractivity (Wildman–Crippen MR) is 108 cm³/mol. The van der Waals surface area contributed by atoms with Crippen molar-refractivity contribution in [1.29, 1.82) is 0 Å². The van der Waals surface area contributed by atoms with Gasteiger partial charge in [0.25, 0.3) is 5.56 Å². The lowest BCUT2D eigenvalue weighted by Gasteiger charge is -2.09. The fourth-order valence-electron chi connectivity index (χ4n) is 3.08. The molecule has 0 aliphatic heterocycles. The molecule has 0 unspecified atom stereocenters. The zero-order valence-corrected chi connectivity index (χ0v) is 16.2. The number of halogens is 1. The zero-order valence-electron chi connectivity index (χ0n) is 13.8. The van der Waals surface area contributed by atoms with Gasteiger partial charge in [-0.1, -0.05) is 23.4 Å². The Morgan fingerprint density at radius 1 is 1.27 bits per heavy atom. The summed E-state index contributed by atoms with van der Waals surface area (Å²) in [5.74, 6) is 0.00728. The number of aromatic nitrogens is 2. The highest BCUT2D eigenvalue weighted by atomic mass is 35.5. The molecule has 4 rings (SSSR count). The summed E-state index contributed by atoms with van der Waals surface area (Å²) in [5, 5.41) is 4.63. The molecule has 5 nitrogen and oxygen atoms in total. The Kier molecular flexibility index (Phi) is 5.02. The van der Waals surface area contributed by atoms with Gasteiger partial charge in [-0.2, -0.15) is 0 Å². The van der Waals surface area contributed by atoms with Gasteiger partial charge >= 0.3 is 0 Å². The highest BCUT2D eigenvalue weighted by Gasteiger charge is 2.20. The lowest BCUT2D eigenvalue weighted by atomic mass is 9.97. The molecule has 0 saturated heterocycles. The van der Waals surface area contributed by atoms with Crippen molar-refractivity contribution < 1.29 is 4.79 Å². The second-order valence-corrected chi connectivity index (χ2v) is 8.59. The van der Waals surface area contributed by atoms with Crippen LogP contribution in [0.3, 0.4) is 0 Å². The van der Waals surface area contributed by atoms with Gasteiger partial charge in [-0.3, -0.25) is 9.59 Å². The van der Waals surface area contributed by atoms with E-state index in [1.807, 2.05) is 0 Å². The Morgan fingerprint density at radius 2 is 2.04 bits per heavy atom. The number of thioether (sulfide) groups is 1. The van der Waals surface area contributed by atoms with E-state index in [-0.39, 0.29) is 17.2 Å². The molecule has 1 aromatic carbocycles. The molecule has 0 bridgehead atoms. The van der Waals surface area contributed by atoms with Gasteiger partial charge < -0.3 is 10.3 Å². The van der Waals surface area contributed by atoms with Gasteiger partial charge in [-0.15, -0.1) is 11.3 Å². The van der Waals surface area contributed by atoms with Crippen LogP contribution in [0.2, 0.25) is 5.02 Å². The monoisotopic (exact) mass is 405 g/mol. The number of benzene rings is 1. The standard InChI is InChI=1S/C18H16ClN3O2S2/c19-10-5-7-11(8-6-10)20-14(23)9-25-18-21-16(24)15-12-3-1-2-4-13(12)26-17(15)22-18/h5-8H,1-4,9H2,(H,20,23)(H,21,22,24). The summed E-state index contributed by atoms with van der Waals surface area (Å²) in [7, 11) is 0. The Labute approximate surface area is 163 Å². The fourth-order valence-corrected chi connectivity index (χ4v) is 5.18. The minimum Gasteiger partial charge on any atom is -0.325 e. The molecule has 0 atom stereocenters. The second-order valence-electron chi connectivity index (χ2n) is 6.11. The first-order valence-corrected chi connectivity index (χ1v) is 10.5. The number of nitrogens with zero attached hydrogens (tertiary/aromatic N) is 1. The Balaban J connectivity index is 1.48. The van der Waals surface area contributed by atoms with Crippen LogP contribution in [-0.2, 0) is 17.6 Å². The van der Waals surface area contributed by atoms with Gasteiger partial charge in [0.2, 0.25) is 5.91 Å². The van der Waals surface area contributed by atoms with E-state index in [2.05, 4.69) is 15.3 Å². The maximum Gasteiger partial charge on any atom is 0.260 e. The van der Waals surface area contributed by atoms with Crippen molar-refractivity contribution in [3.63, 3.8) is 0 Å². The average Bonchev–Trinajstić information content (AvgIpc) is 3.01. The molecular formula is C18H16ClN3O2S2. The number of anilines is 1. The number of aromatic amines is 1. The number of fused-ring (bicyclic) bond motifs is 3. The minimum absolute atomic E-state index is 0.102. The van der Waals surface area contributed by atoms with Crippen molar-refractivity contribution >= 4 is 56.5 Å². The molecule has 0 radical (unpaired) electrons. The van der Waals surface area contributed by atoms with E-state index in [9.17, 15) is 9.59 Å². The zero-order chi connectivity index (χ0) is 18.1. The maximum absolute atomic E-state index is 12.5. The molecule has 134 valence electrons. The highest BCUT2D eigenvalue weighted by Crippen LogP contribution is 2.34. The summed E-state index contributed by atoms with van der Waals surface area (Å²) in [4.78, 5) is 34.0. The van der Waals surface area contributed by atoms with Crippen LogP contribution < -0.4 is 10.9 Å². The van der Waals surface area contributed by atoms with E-state index in [1.54, 1.807) is 35.6 Å². The number of amides is 1. The van der Waals surface area contributed by atoms with E-state index in [0.29, 0.717) is 15.9 Å². The van der Waals surface area contributed by atoms with Gasteiger partial charge in [0.15, 0.2) is 5.16 Å². The van der Waals surface area contributed by atoms with Crippen molar-refractivity contribution in [3.05, 3.63) is 50.1 Å². The summed E-state index contributed by atoms with van der Waals surface area (Å²) in [6, 6.07) is 6.92. The molecule has 1 amide bonds. The molecule has 1 aliphatic carbocycles. The van der Waals surface area contributed by atoms with Crippen LogP contribution >= 0.6 is 34.7 Å². The van der Waals surface area contributed by atoms with Crippen molar-refractivity contribution in [3.8, 4) is 0 Å². The first-order chi connectivity index (χ1) is 12.6. The van der Waals surface area contributed by atoms with Crippen LogP contribution in [0, 0.1) is 0 Å². The molecule has 3 aromatic rings. The molecule has 0 saturated carbocycles. The SMILES string of the molecule is O=C(CSc1nc2sc3c(c2c(=O)[nH]1)CCCC3)Nc1ccc(Cl)cc1. The van der Waals surface area contributed by atoms with Crippen LogP contribution in [0.5, 0.6) is 0 Å². The number of thiophene rings is 1. The second kappa shape index (κ2) is 7.42. The first kappa shape index (κ1) is 17.6. The number of hydrogen-bond donors (Lipinski definition) is 2. The number of nitrogens with one attached hydrogen (secondary N) is 2. The van der Waals surface area contributed by atoms with Gasteiger partial charge in [0.05, 0.1) is 11.1 Å². The molecule has 1 aliphatic rings. The molecule has 26 heavy (non-hydrogen) atoms. The van der Waals surface area contributed by atoms with E-state index >= 15 is 0 Å². The van der Waals surface area contributed by atoms with Gasteiger partial charge in [0, 0.05) is 15.6 Å². The first-order valence-electron chi connectivity index (χ1n) is 8.33. The molecule has 8 heteroatoms. The van der Waals surface area contributed by atoms with Crippen molar-refractivity contribution in [2.45, 2.75) is 30.8 Å². The Morgan fingerprint density at radius 3 is 2.85 bits per heavy atom. The number of carbonyl (C=O) groups excluding carboxylic acids is 1. The molecule has 2 N–H and O–H groups in total. The van der Waals surface area contributed by atoms with Crippen molar-refractivity contribution in [1.82, 2.24) is 9.97 Å². The van der Waals surface area contributed by atoms with Crippen LogP contribution in [0.25, 0.3) is 10.2 Å². The Hall–Kier alpha value is -1.83. The fraction of sp³-hybridized carbons (Fsp3) is 0.278. The number of carbonyl (C=O) groups is 1. The van der Waals surface area contributed by atoms with Crippen LogP contribution in [-0.4, -0.2) is 21.6 Å². The number of rotatable bonds is 4. The quantitative estimate of drug-likeness (QED) is 0.502. The average molecular weight is 406 g/mol. The number of H-pyrrole nitrogens is 1. The lowest BCUT2D eigenvalue weighted by Crippen LogP contribution is -2.15. The van der Waals surface area contributed by atoms with Crippen molar-refractivity contribution in [2.75, 3.05) is 11.1 Å². The van der Waals surface area contributed by atoms with E-state index < -0.39 is 0 Å². The van der Waals surface area contributed by atoms with Crippen LogP contribution in [0.4, 0.5) is 5.69 Å². The molecule has 2 heterocycles. The van der Waals surface area contributed by atoms with E-state index in [1.165, 1.54) is 28.6 Å². The third-order valence-corrected chi connectivity index (χ3v) is 6.58. The minimum atomic E-state index is -0.162. The smallest absolute Gasteiger partial charge is 0.260 e. The third-order valence-electron chi connectivity index (χ3n) is 4.27. The molecule has 2 aromatic heterocycles. The molecule has 0 spiro atoms. The summed E-state index contributed by atoms with van der Waals surface area (Å²) >= 11 is 8.67. The summed E-state index contributed by atoms with van der Waals surface area (Å²) in [6.45, 7) is 0. The van der Waals surface area contributed by atoms with E-state index in [0.717, 1.165) is 29.5 Å². The van der Waals surface area contributed by atoms with Gasteiger partial charge in [0.1, 0.15) is 4.83 Å². The molecule has 0 fully saturated rings. The predicted octanol–water partition coefficient (Wildman–Crippen LogP) is 4.25. The molecular weight excluding hydrogens is 390 g/mol. The largest absolute Gasteiger partial charge is 0.325 e. The topological polar surface area (TPSA) is 74.8 Å². The van der Waals surface area contributed by atoms with Crippen LogP contribution in [0.15, 0.2) is 34.2 Å².